The number of carbonyl (C=O) groups is 1. The summed E-state index contributed by atoms with van der Waals surface area (Å²) in [6, 6.07) is 4.93. The molecule has 0 fully saturated rings. The zero-order valence-electron chi connectivity index (χ0n) is 14.2. The van der Waals surface area contributed by atoms with Crippen molar-refractivity contribution in [3.8, 4) is 11.5 Å². The third-order valence-electron chi connectivity index (χ3n) is 3.68. The Morgan fingerprint density at radius 3 is 2.62 bits per heavy atom. The number of rotatable bonds is 7. The molecule has 1 atom stereocenters. The van der Waals surface area contributed by atoms with E-state index in [1.165, 1.54) is 14.0 Å². The molecule has 0 saturated carbocycles. The van der Waals surface area contributed by atoms with Crippen molar-refractivity contribution in [1.82, 2.24) is 9.78 Å². The van der Waals surface area contributed by atoms with Gasteiger partial charge in [-0.25, -0.2) is 0 Å². The lowest BCUT2D eigenvalue weighted by Crippen LogP contribution is -2.25. The van der Waals surface area contributed by atoms with Crippen LogP contribution in [0.3, 0.4) is 0 Å². The third-order valence-corrected chi connectivity index (χ3v) is 4.23. The van der Waals surface area contributed by atoms with Gasteiger partial charge in [-0.2, -0.15) is 5.10 Å². The number of Topliss-reactive ketones (excluding diaryl/α,β-unsaturated/α-hetero) is 1. The number of methoxy groups -OCH3 is 1. The Morgan fingerprint density at radius 1 is 1.38 bits per heavy atom. The van der Waals surface area contributed by atoms with Crippen molar-refractivity contribution in [1.29, 1.82) is 0 Å². The maximum atomic E-state index is 11.4. The SMILES string of the molecule is COc1cc(C(C)=O)ccc1OC[C@H](O)Cn1nc(C)c(Cl)c1C. The van der Waals surface area contributed by atoms with Crippen LogP contribution in [0.4, 0.5) is 0 Å². The molecule has 1 aromatic carbocycles. The standard InChI is InChI=1S/C17H21ClN2O4/c1-10-17(18)11(2)20(19-10)8-14(22)9-24-15-6-5-13(12(3)21)7-16(15)23-4/h5-7,14,22H,8-9H2,1-4H3/t14-/m1/s1. The fourth-order valence-electron chi connectivity index (χ4n) is 2.30. The Labute approximate surface area is 146 Å². The van der Waals surface area contributed by atoms with Gasteiger partial charge in [0, 0.05) is 5.56 Å². The van der Waals surface area contributed by atoms with Crippen molar-refractivity contribution in [3.63, 3.8) is 0 Å². The normalized spacial score (nSPS) is 12.1. The van der Waals surface area contributed by atoms with Gasteiger partial charge in [-0.05, 0) is 39.0 Å². The number of hydrogen-bond acceptors (Lipinski definition) is 5. The van der Waals surface area contributed by atoms with Crippen molar-refractivity contribution in [3.05, 3.63) is 40.2 Å². The van der Waals surface area contributed by atoms with Crippen LogP contribution in [0.15, 0.2) is 18.2 Å². The second kappa shape index (κ2) is 7.68. The van der Waals surface area contributed by atoms with Crippen LogP contribution in [0.5, 0.6) is 11.5 Å². The monoisotopic (exact) mass is 352 g/mol. The lowest BCUT2D eigenvalue weighted by Gasteiger charge is -2.15. The fourth-order valence-corrected chi connectivity index (χ4v) is 2.43. The highest BCUT2D eigenvalue weighted by Gasteiger charge is 2.15. The van der Waals surface area contributed by atoms with Gasteiger partial charge in [0.1, 0.15) is 12.7 Å². The molecule has 1 aromatic heterocycles. The van der Waals surface area contributed by atoms with Crippen molar-refractivity contribution < 1.29 is 19.4 Å². The van der Waals surface area contributed by atoms with Crippen LogP contribution in [0, 0.1) is 13.8 Å². The summed E-state index contributed by atoms with van der Waals surface area (Å²) in [5.41, 5.74) is 2.07. The molecule has 0 unspecified atom stereocenters. The van der Waals surface area contributed by atoms with E-state index in [0.29, 0.717) is 22.1 Å². The molecule has 0 aliphatic rings. The van der Waals surface area contributed by atoms with Gasteiger partial charge in [0.15, 0.2) is 17.3 Å². The molecule has 0 aliphatic heterocycles. The van der Waals surface area contributed by atoms with Crippen molar-refractivity contribution >= 4 is 17.4 Å². The highest BCUT2D eigenvalue weighted by molar-refractivity contribution is 6.31. The average Bonchev–Trinajstić information content (AvgIpc) is 2.79. The maximum absolute atomic E-state index is 11.4. The van der Waals surface area contributed by atoms with E-state index in [-0.39, 0.29) is 18.9 Å². The Hall–Kier alpha value is -2.05. The topological polar surface area (TPSA) is 73.6 Å². The smallest absolute Gasteiger partial charge is 0.161 e. The number of ketones is 1. The van der Waals surface area contributed by atoms with E-state index in [2.05, 4.69) is 5.10 Å². The lowest BCUT2D eigenvalue weighted by atomic mass is 10.1. The van der Waals surface area contributed by atoms with E-state index in [1.807, 2.05) is 13.8 Å². The number of hydrogen-bond donors (Lipinski definition) is 1. The number of aryl methyl sites for hydroxylation is 1. The molecule has 6 nitrogen and oxygen atoms in total. The van der Waals surface area contributed by atoms with Crippen LogP contribution in [-0.2, 0) is 6.54 Å². The van der Waals surface area contributed by atoms with Crippen LogP contribution in [-0.4, -0.2) is 40.5 Å². The number of aromatic nitrogens is 2. The van der Waals surface area contributed by atoms with Crippen LogP contribution in [0.2, 0.25) is 5.02 Å². The predicted molar refractivity (Wildman–Crippen MR) is 91.2 cm³/mol. The Balaban J connectivity index is 2.02. The first-order valence-corrected chi connectivity index (χ1v) is 7.90. The molecule has 2 aromatic rings. The number of ether oxygens (including phenoxy) is 2. The molecule has 0 bridgehead atoms. The van der Waals surface area contributed by atoms with Crippen LogP contribution in [0.1, 0.15) is 28.7 Å². The minimum Gasteiger partial charge on any atom is -0.493 e. The molecular formula is C17H21ClN2O4. The summed E-state index contributed by atoms with van der Waals surface area (Å²) in [7, 11) is 1.50. The first-order chi connectivity index (χ1) is 11.3. The molecule has 0 spiro atoms. The molecule has 0 aliphatic carbocycles. The number of carbonyl (C=O) groups excluding carboxylic acids is 1. The summed E-state index contributed by atoms with van der Waals surface area (Å²) < 4.78 is 12.5. The Kier molecular flexibility index (Phi) is 5.85. The highest BCUT2D eigenvalue weighted by Crippen LogP contribution is 2.28. The highest BCUT2D eigenvalue weighted by atomic mass is 35.5. The van der Waals surface area contributed by atoms with Gasteiger partial charge in [-0.3, -0.25) is 9.48 Å². The molecule has 130 valence electrons. The quantitative estimate of drug-likeness (QED) is 0.776. The minimum atomic E-state index is -0.767. The first-order valence-electron chi connectivity index (χ1n) is 7.52. The van der Waals surface area contributed by atoms with Gasteiger partial charge in [-0.15, -0.1) is 0 Å². The summed E-state index contributed by atoms with van der Waals surface area (Å²) in [5, 5.41) is 15.0. The van der Waals surface area contributed by atoms with Crippen LogP contribution >= 0.6 is 11.6 Å². The average molecular weight is 353 g/mol. The van der Waals surface area contributed by atoms with Gasteiger partial charge < -0.3 is 14.6 Å². The second-order valence-corrected chi connectivity index (χ2v) is 5.93. The number of benzene rings is 1. The molecule has 1 heterocycles. The van der Waals surface area contributed by atoms with Gasteiger partial charge in [0.2, 0.25) is 0 Å². The molecule has 0 radical (unpaired) electrons. The summed E-state index contributed by atoms with van der Waals surface area (Å²) in [5.74, 6) is 0.860. The van der Waals surface area contributed by atoms with E-state index >= 15 is 0 Å². The fraction of sp³-hybridized carbons (Fsp3) is 0.412. The van der Waals surface area contributed by atoms with Crippen LogP contribution in [0.25, 0.3) is 0 Å². The molecule has 2 rings (SSSR count). The Morgan fingerprint density at radius 2 is 2.08 bits per heavy atom. The third kappa shape index (κ3) is 4.07. The van der Waals surface area contributed by atoms with E-state index in [9.17, 15) is 9.90 Å². The summed E-state index contributed by atoms with van der Waals surface area (Å²) >= 11 is 6.09. The van der Waals surface area contributed by atoms with E-state index < -0.39 is 6.10 Å². The molecule has 0 amide bonds. The second-order valence-electron chi connectivity index (χ2n) is 5.55. The van der Waals surface area contributed by atoms with Crippen molar-refractivity contribution in [2.24, 2.45) is 0 Å². The number of halogens is 1. The summed E-state index contributed by atoms with van der Waals surface area (Å²) in [4.78, 5) is 11.4. The van der Waals surface area contributed by atoms with E-state index in [4.69, 9.17) is 21.1 Å². The summed E-state index contributed by atoms with van der Waals surface area (Å²) in [6.45, 7) is 5.48. The van der Waals surface area contributed by atoms with Gasteiger partial charge in [-0.1, -0.05) is 11.6 Å². The van der Waals surface area contributed by atoms with E-state index in [1.54, 1.807) is 22.9 Å². The van der Waals surface area contributed by atoms with Crippen molar-refractivity contribution in [2.75, 3.05) is 13.7 Å². The van der Waals surface area contributed by atoms with Crippen LogP contribution < -0.4 is 9.47 Å². The minimum absolute atomic E-state index is 0.0544. The Bertz CT molecular complexity index is 742. The number of nitrogens with zero attached hydrogens (tertiary/aromatic N) is 2. The van der Waals surface area contributed by atoms with Gasteiger partial charge >= 0.3 is 0 Å². The predicted octanol–water partition coefficient (Wildman–Crippen LogP) is 2.80. The number of aliphatic hydroxyl groups excluding tert-OH is 1. The first kappa shape index (κ1) is 18.3. The molecular weight excluding hydrogens is 332 g/mol. The van der Waals surface area contributed by atoms with Gasteiger partial charge in [0.25, 0.3) is 0 Å². The largest absolute Gasteiger partial charge is 0.493 e. The van der Waals surface area contributed by atoms with E-state index in [0.717, 1.165) is 11.4 Å². The van der Waals surface area contributed by atoms with Crippen molar-refractivity contribution in [2.45, 2.75) is 33.4 Å². The maximum Gasteiger partial charge on any atom is 0.161 e. The molecule has 1 N–H and O–H groups in total. The zero-order valence-corrected chi connectivity index (χ0v) is 14.9. The van der Waals surface area contributed by atoms with Gasteiger partial charge in [0.05, 0.1) is 30.1 Å². The molecule has 24 heavy (non-hydrogen) atoms. The molecule has 0 saturated heterocycles. The molecule has 7 heteroatoms. The summed E-state index contributed by atoms with van der Waals surface area (Å²) in [6.07, 6.45) is -0.767. The number of aliphatic hydroxyl groups is 1. The zero-order chi connectivity index (χ0) is 17.9. The lowest BCUT2D eigenvalue weighted by molar-refractivity contribution is 0.0872.